The number of carbonyl (C=O) groups is 1. The third-order valence-corrected chi connectivity index (χ3v) is 2.21. The number of aromatic nitrogens is 2. The van der Waals surface area contributed by atoms with Crippen molar-refractivity contribution in [3.8, 4) is 0 Å². The zero-order valence-electron chi connectivity index (χ0n) is 8.07. The summed E-state index contributed by atoms with van der Waals surface area (Å²) in [5, 5.41) is 8.71. The molecule has 5 heteroatoms. The Balaban J connectivity index is 2.63. The molecule has 15 heavy (non-hydrogen) atoms. The lowest BCUT2D eigenvalue weighted by atomic mass is 10.2. The van der Waals surface area contributed by atoms with Crippen LogP contribution < -0.4 is 0 Å². The van der Waals surface area contributed by atoms with Gasteiger partial charge in [-0.15, -0.1) is 0 Å². The number of hydrogen-bond donors (Lipinski definition) is 1. The summed E-state index contributed by atoms with van der Waals surface area (Å²) >= 11 is 0. The Morgan fingerprint density at radius 1 is 1.67 bits per heavy atom. The maximum absolute atomic E-state index is 12.9. The summed E-state index contributed by atoms with van der Waals surface area (Å²) in [7, 11) is 0. The van der Waals surface area contributed by atoms with Gasteiger partial charge in [-0.2, -0.15) is 0 Å². The molecule has 0 aromatic carbocycles. The van der Waals surface area contributed by atoms with Crippen LogP contribution in [0.2, 0.25) is 0 Å². The molecule has 2 aromatic heterocycles. The molecular formula is C10H9FN2O2. The molecule has 0 aliphatic rings. The van der Waals surface area contributed by atoms with Crippen LogP contribution in [-0.2, 0) is 11.2 Å². The first-order valence-corrected chi connectivity index (χ1v) is 4.43. The lowest BCUT2D eigenvalue weighted by molar-refractivity contribution is -0.136. The second-order valence-electron chi connectivity index (χ2n) is 3.29. The number of carboxylic acids is 1. The fourth-order valence-corrected chi connectivity index (χ4v) is 1.54. The number of fused-ring (bicyclic) bond motifs is 1. The van der Waals surface area contributed by atoms with Crippen LogP contribution in [0.5, 0.6) is 0 Å². The van der Waals surface area contributed by atoms with Gasteiger partial charge in [0.15, 0.2) is 0 Å². The number of aliphatic carboxylic acids is 1. The van der Waals surface area contributed by atoms with Crippen molar-refractivity contribution < 1.29 is 14.3 Å². The Bertz CT molecular complexity index is 533. The third kappa shape index (κ3) is 1.68. The second kappa shape index (κ2) is 3.34. The van der Waals surface area contributed by atoms with Crippen LogP contribution in [-0.4, -0.2) is 20.5 Å². The van der Waals surface area contributed by atoms with Gasteiger partial charge in [-0.25, -0.2) is 9.37 Å². The SMILES string of the molecule is Cc1nc2cc(F)ccn2c1CC(=O)O. The normalized spacial score (nSPS) is 10.8. The molecule has 0 unspecified atom stereocenters. The number of halogens is 1. The van der Waals surface area contributed by atoms with Gasteiger partial charge in [0, 0.05) is 12.3 Å². The predicted molar refractivity (Wildman–Crippen MR) is 51.2 cm³/mol. The van der Waals surface area contributed by atoms with Crippen LogP contribution in [0.1, 0.15) is 11.4 Å². The molecule has 0 fully saturated rings. The summed E-state index contributed by atoms with van der Waals surface area (Å²) in [5.41, 5.74) is 1.63. The molecule has 78 valence electrons. The van der Waals surface area contributed by atoms with Crippen LogP contribution in [0.4, 0.5) is 4.39 Å². The van der Waals surface area contributed by atoms with E-state index in [9.17, 15) is 9.18 Å². The fourth-order valence-electron chi connectivity index (χ4n) is 1.54. The van der Waals surface area contributed by atoms with E-state index < -0.39 is 5.97 Å². The van der Waals surface area contributed by atoms with Crippen LogP contribution in [0.25, 0.3) is 5.65 Å². The van der Waals surface area contributed by atoms with Crippen LogP contribution in [0.15, 0.2) is 18.3 Å². The molecular weight excluding hydrogens is 199 g/mol. The molecule has 0 bridgehead atoms. The van der Waals surface area contributed by atoms with Crippen molar-refractivity contribution in [1.29, 1.82) is 0 Å². The van der Waals surface area contributed by atoms with Gasteiger partial charge in [-0.1, -0.05) is 0 Å². The van der Waals surface area contributed by atoms with E-state index in [1.807, 2.05) is 0 Å². The average molecular weight is 208 g/mol. The Morgan fingerprint density at radius 2 is 2.40 bits per heavy atom. The first-order valence-electron chi connectivity index (χ1n) is 4.43. The third-order valence-electron chi connectivity index (χ3n) is 2.21. The van der Waals surface area contributed by atoms with Crippen molar-refractivity contribution in [3.63, 3.8) is 0 Å². The number of pyridine rings is 1. The van der Waals surface area contributed by atoms with E-state index in [0.29, 0.717) is 17.0 Å². The predicted octanol–water partition coefficient (Wildman–Crippen LogP) is 1.41. The number of nitrogens with zero attached hydrogens (tertiary/aromatic N) is 2. The minimum Gasteiger partial charge on any atom is -0.481 e. The van der Waals surface area contributed by atoms with Gasteiger partial charge in [0.25, 0.3) is 0 Å². The molecule has 0 spiro atoms. The number of imidazole rings is 1. The van der Waals surface area contributed by atoms with E-state index in [1.165, 1.54) is 18.3 Å². The van der Waals surface area contributed by atoms with Gasteiger partial charge in [0.05, 0.1) is 17.8 Å². The summed E-state index contributed by atoms with van der Waals surface area (Å²) in [4.78, 5) is 14.7. The quantitative estimate of drug-likeness (QED) is 0.811. The fraction of sp³-hybridized carbons (Fsp3) is 0.200. The second-order valence-corrected chi connectivity index (χ2v) is 3.29. The molecule has 0 saturated carbocycles. The first kappa shape index (κ1) is 9.64. The van der Waals surface area contributed by atoms with Crippen molar-refractivity contribution in [1.82, 2.24) is 9.38 Å². The van der Waals surface area contributed by atoms with Crippen molar-refractivity contribution in [3.05, 3.63) is 35.5 Å². The zero-order chi connectivity index (χ0) is 11.0. The molecule has 2 heterocycles. The lowest BCUT2D eigenvalue weighted by Crippen LogP contribution is -2.04. The highest BCUT2D eigenvalue weighted by Gasteiger charge is 2.11. The molecule has 0 aliphatic heterocycles. The van der Waals surface area contributed by atoms with E-state index in [0.717, 1.165) is 0 Å². The van der Waals surface area contributed by atoms with Crippen molar-refractivity contribution in [2.75, 3.05) is 0 Å². The van der Waals surface area contributed by atoms with Crippen LogP contribution >= 0.6 is 0 Å². The Hall–Kier alpha value is -1.91. The van der Waals surface area contributed by atoms with Gasteiger partial charge in [0.1, 0.15) is 11.5 Å². The zero-order valence-corrected chi connectivity index (χ0v) is 8.07. The monoisotopic (exact) mass is 208 g/mol. The highest BCUT2D eigenvalue weighted by atomic mass is 19.1. The summed E-state index contributed by atoms with van der Waals surface area (Å²) in [6, 6.07) is 2.55. The smallest absolute Gasteiger partial charge is 0.309 e. The molecule has 0 radical (unpaired) electrons. The van der Waals surface area contributed by atoms with E-state index >= 15 is 0 Å². The van der Waals surface area contributed by atoms with Crippen LogP contribution in [0.3, 0.4) is 0 Å². The Morgan fingerprint density at radius 3 is 3.07 bits per heavy atom. The molecule has 0 aliphatic carbocycles. The molecule has 4 nitrogen and oxygen atoms in total. The molecule has 0 saturated heterocycles. The van der Waals surface area contributed by atoms with Gasteiger partial charge in [0.2, 0.25) is 0 Å². The number of aryl methyl sites for hydroxylation is 1. The maximum atomic E-state index is 12.9. The highest BCUT2D eigenvalue weighted by molar-refractivity contribution is 5.70. The average Bonchev–Trinajstić information content (AvgIpc) is 2.41. The molecule has 2 rings (SSSR count). The van der Waals surface area contributed by atoms with Crippen molar-refractivity contribution in [2.24, 2.45) is 0 Å². The summed E-state index contributed by atoms with van der Waals surface area (Å²) < 4.78 is 14.5. The summed E-state index contributed by atoms with van der Waals surface area (Å²) in [6.07, 6.45) is 1.38. The standard InChI is InChI=1S/C10H9FN2O2/c1-6-8(5-10(14)15)13-3-2-7(11)4-9(13)12-6/h2-4H,5H2,1H3,(H,14,15). The minimum atomic E-state index is -0.927. The number of rotatable bonds is 2. The van der Waals surface area contributed by atoms with Gasteiger partial charge in [-0.3, -0.25) is 4.79 Å². The number of carboxylic acid groups (broad SMARTS) is 1. The summed E-state index contributed by atoms with van der Waals surface area (Å²) in [5.74, 6) is -1.31. The van der Waals surface area contributed by atoms with Crippen LogP contribution in [0, 0.1) is 12.7 Å². The summed E-state index contributed by atoms with van der Waals surface area (Å²) in [6.45, 7) is 1.71. The first-order chi connectivity index (χ1) is 7.08. The largest absolute Gasteiger partial charge is 0.481 e. The van der Waals surface area contributed by atoms with Gasteiger partial charge >= 0.3 is 5.97 Å². The van der Waals surface area contributed by atoms with E-state index in [2.05, 4.69) is 4.98 Å². The molecule has 0 amide bonds. The lowest BCUT2D eigenvalue weighted by Gasteiger charge is -1.99. The molecule has 0 atom stereocenters. The molecule has 2 aromatic rings. The maximum Gasteiger partial charge on any atom is 0.309 e. The van der Waals surface area contributed by atoms with E-state index in [-0.39, 0.29) is 12.2 Å². The topological polar surface area (TPSA) is 54.6 Å². The van der Waals surface area contributed by atoms with Gasteiger partial charge in [-0.05, 0) is 13.0 Å². The highest BCUT2D eigenvalue weighted by Crippen LogP contribution is 2.13. The minimum absolute atomic E-state index is 0.112. The number of hydrogen-bond acceptors (Lipinski definition) is 2. The van der Waals surface area contributed by atoms with Crippen molar-refractivity contribution >= 4 is 11.6 Å². The van der Waals surface area contributed by atoms with Crippen molar-refractivity contribution in [2.45, 2.75) is 13.3 Å². The Labute approximate surface area is 85.0 Å². The Kier molecular flexibility index (Phi) is 2.15. The van der Waals surface area contributed by atoms with Gasteiger partial charge < -0.3 is 9.51 Å². The van der Waals surface area contributed by atoms with E-state index in [1.54, 1.807) is 11.3 Å². The molecule has 1 N–H and O–H groups in total. The van der Waals surface area contributed by atoms with E-state index in [4.69, 9.17) is 5.11 Å².